The number of rotatable bonds is 9. The van der Waals surface area contributed by atoms with Crippen LogP contribution in [0.4, 0.5) is 0 Å². The van der Waals surface area contributed by atoms with Gasteiger partial charge in [0.1, 0.15) is 0 Å². The number of hydrogen-bond acceptors (Lipinski definition) is 5. The van der Waals surface area contributed by atoms with Gasteiger partial charge in [-0.05, 0) is 49.0 Å². The minimum atomic E-state index is -1.88. The van der Waals surface area contributed by atoms with E-state index in [9.17, 15) is 4.79 Å². The van der Waals surface area contributed by atoms with E-state index in [0.717, 1.165) is 18.4 Å². The topological polar surface area (TPSA) is 57.7 Å². The molecule has 0 N–H and O–H groups in total. The summed E-state index contributed by atoms with van der Waals surface area (Å²) in [7, 11) is -0.460. The summed E-state index contributed by atoms with van der Waals surface area (Å²) in [6.07, 6.45) is 11.1. The van der Waals surface area contributed by atoms with E-state index in [0.29, 0.717) is 25.4 Å². The highest BCUT2D eigenvalue weighted by molar-refractivity contribution is 6.74. The summed E-state index contributed by atoms with van der Waals surface area (Å²) in [4.78, 5) is 15.5. The highest BCUT2D eigenvalue weighted by Gasteiger charge is 2.45. The average Bonchev–Trinajstić information content (AvgIpc) is 3.05. The number of ether oxygens (including phenoxy) is 2. The van der Waals surface area contributed by atoms with Gasteiger partial charge in [0.2, 0.25) is 0 Å². The Bertz CT molecular complexity index is 669. The van der Waals surface area contributed by atoms with Crippen molar-refractivity contribution in [2.75, 3.05) is 13.7 Å². The van der Waals surface area contributed by atoms with Gasteiger partial charge < -0.3 is 13.9 Å². The van der Waals surface area contributed by atoms with Crippen LogP contribution in [0.3, 0.4) is 0 Å². The minimum absolute atomic E-state index is 0.0157. The number of nitrogens with zero attached hydrogens (tertiary/aromatic N) is 1. The van der Waals surface area contributed by atoms with Gasteiger partial charge in [-0.25, -0.2) is 0 Å². The van der Waals surface area contributed by atoms with Crippen LogP contribution in [0, 0.1) is 5.92 Å². The molecule has 1 aliphatic heterocycles. The number of aromatic nitrogens is 1. The van der Waals surface area contributed by atoms with Crippen LogP contribution in [-0.4, -0.2) is 39.1 Å². The third kappa shape index (κ3) is 6.76. The number of methoxy groups -OCH3 is 1. The van der Waals surface area contributed by atoms with Gasteiger partial charge >= 0.3 is 5.97 Å². The van der Waals surface area contributed by atoms with Gasteiger partial charge in [-0.2, -0.15) is 0 Å². The predicted octanol–water partition coefficient (Wildman–Crippen LogP) is 5.45. The summed E-state index contributed by atoms with van der Waals surface area (Å²) in [5.74, 6) is 0.122. The minimum Gasteiger partial charge on any atom is -0.469 e. The van der Waals surface area contributed by atoms with Gasteiger partial charge in [-0.3, -0.25) is 9.78 Å². The lowest BCUT2D eigenvalue weighted by molar-refractivity contribution is -0.140. The number of pyridine rings is 1. The molecule has 1 aliphatic rings. The number of allylic oxidation sites excluding steroid dienone is 2. The van der Waals surface area contributed by atoms with Crippen molar-refractivity contribution in [1.82, 2.24) is 4.98 Å². The van der Waals surface area contributed by atoms with Gasteiger partial charge in [0.15, 0.2) is 8.32 Å². The zero-order valence-electron chi connectivity index (χ0n) is 18.8. The lowest BCUT2D eigenvalue weighted by Crippen LogP contribution is -2.45. The summed E-state index contributed by atoms with van der Waals surface area (Å²) >= 11 is 0. The number of hydrogen-bond donors (Lipinski definition) is 0. The maximum atomic E-state index is 11.2. The van der Waals surface area contributed by atoms with Crippen molar-refractivity contribution in [3.05, 3.63) is 42.2 Å². The zero-order valence-corrected chi connectivity index (χ0v) is 19.8. The highest BCUT2D eigenvalue weighted by Crippen LogP contribution is 2.44. The Labute approximate surface area is 177 Å². The van der Waals surface area contributed by atoms with Gasteiger partial charge in [-0.1, -0.05) is 39.0 Å². The fraction of sp³-hybridized carbons (Fsp3) is 0.652. The predicted molar refractivity (Wildman–Crippen MR) is 118 cm³/mol. The molecular weight excluding hydrogens is 382 g/mol. The first kappa shape index (κ1) is 23.8. The molecule has 2 rings (SSSR count). The van der Waals surface area contributed by atoms with Crippen molar-refractivity contribution in [1.29, 1.82) is 0 Å². The summed E-state index contributed by atoms with van der Waals surface area (Å²) < 4.78 is 17.7. The molecule has 0 radical (unpaired) electrons. The van der Waals surface area contributed by atoms with Crippen molar-refractivity contribution < 1.29 is 18.7 Å². The van der Waals surface area contributed by atoms with Gasteiger partial charge in [-0.15, -0.1) is 0 Å². The van der Waals surface area contributed by atoms with Gasteiger partial charge in [0, 0.05) is 24.7 Å². The standard InChI is InChI=1S/C23H37NO4Si/c1-23(2,3)29(5,6)28-20-17-27-22(18-12-11-15-24-16-18)19(20)13-9-7-8-10-14-21(25)26-4/h7-8,11-12,15-16,19-20,22H,9-10,13-14,17H2,1-6H3/t19-,20-,22-/m1/s1. The van der Waals surface area contributed by atoms with Crippen LogP contribution in [-0.2, 0) is 18.7 Å². The Morgan fingerprint density at radius 3 is 2.66 bits per heavy atom. The fourth-order valence-corrected chi connectivity index (χ4v) is 4.72. The van der Waals surface area contributed by atoms with Gasteiger partial charge in [0.25, 0.3) is 0 Å². The molecule has 1 aromatic rings. The van der Waals surface area contributed by atoms with Crippen LogP contribution in [0.5, 0.6) is 0 Å². The molecule has 29 heavy (non-hydrogen) atoms. The fourth-order valence-electron chi connectivity index (χ4n) is 3.37. The quantitative estimate of drug-likeness (QED) is 0.303. The normalized spacial score (nSPS) is 22.9. The Hall–Kier alpha value is -1.50. The average molecular weight is 420 g/mol. The number of esters is 1. The first-order valence-corrected chi connectivity index (χ1v) is 13.5. The largest absolute Gasteiger partial charge is 0.469 e. The summed E-state index contributed by atoms with van der Waals surface area (Å²) in [6.45, 7) is 12.0. The van der Waals surface area contributed by atoms with Gasteiger partial charge in [0.05, 0.1) is 25.9 Å². The highest BCUT2D eigenvalue weighted by atomic mass is 28.4. The molecule has 0 saturated carbocycles. The molecule has 0 spiro atoms. The molecule has 162 valence electrons. The molecule has 0 bridgehead atoms. The third-order valence-corrected chi connectivity index (χ3v) is 10.7. The van der Waals surface area contributed by atoms with Crippen molar-refractivity contribution in [2.45, 2.75) is 76.8 Å². The number of carbonyl (C=O) groups excluding carboxylic acids is 1. The Kier molecular flexibility index (Phi) is 8.61. The molecule has 3 atom stereocenters. The Morgan fingerprint density at radius 2 is 2.03 bits per heavy atom. The first-order valence-electron chi connectivity index (χ1n) is 10.6. The molecule has 6 heteroatoms. The Morgan fingerprint density at radius 1 is 1.31 bits per heavy atom. The molecule has 1 saturated heterocycles. The monoisotopic (exact) mass is 419 g/mol. The Balaban J connectivity index is 2.04. The lowest BCUT2D eigenvalue weighted by Gasteiger charge is -2.39. The van der Waals surface area contributed by atoms with Crippen LogP contribution in [0.15, 0.2) is 36.7 Å². The van der Waals surface area contributed by atoms with Crippen molar-refractivity contribution in [2.24, 2.45) is 5.92 Å². The van der Waals surface area contributed by atoms with E-state index >= 15 is 0 Å². The van der Waals surface area contributed by atoms with Crippen LogP contribution >= 0.6 is 0 Å². The summed E-state index contributed by atoms with van der Waals surface area (Å²) in [5, 5.41) is 0.164. The van der Waals surface area contributed by atoms with E-state index in [1.54, 1.807) is 6.20 Å². The van der Waals surface area contributed by atoms with Crippen molar-refractivity contribution in [3.63, 3.8) is 0 Å². The van der Waals surface area contributed by atoms with Crippen molar-refractivity contribution in [3.8, 4) is 0 Å². The van der Waals surface area contributed by atoms with Crippen LogP contribution in [0.1, 0.15) is 58.1 Å². The lowest BCUT2D eigenvalue weighted by atomic mass is 9.90. The molecule has 0 aliphatic carbocycles. The zero-order chi connectivity index (χ0) is 21.5. The number of carbonyl (C=O) groups is 1. The van der Waals surface area contributed by atoms with Crippen LogP contribution in [0.2, 0.25) is 18.1 Å². The molecule has 1 aromatic heterocycles. The molecule has 1 fully saturated rings. The van der Waals surface area contributed by atoms with Crippen LogP contribution in [0.25, 0.3) is 0 Å². The van der Waals surface area contributed by atoms with E-state index in [4.69, 9.17) is 9.16 Å². The molecular formula is C23H37NO4Si. The third-order valence-electron chi connectivity index (χ3n) is 6.15. The second kappa shape index (κ2) is 10.5. The van der Waals surface area contributed by atoms with E-state index in [2.05, 4.69) is 61.8 Å². The first-order chi connectivity index (χ1) is 13.7. The van der Waals surface area contributed by atoms with E-state index in [1.165, 1.54) is 7.11 Å². The molecule has 5 nitrogen and oxygen atoms in total. The molecule has 0 unspecified atom stereocenters. The molecule has 0 aromatic carbocycles. The SMILES string of the molecule is COC(=O)CCC=CCC[C@H]1[C@@H](c2cccnc2)OC[C@H]1O[Si](C)(C)C(C)(C)C. The second-order valence-corrected chi connectivity index (χ2v) is 14.0. The van der Waals surface area contributed by atoms with Crippen molar-refractivity contribution >= 4 is 14.3 Å². The second-order valence-electron chi connectivity index (χ2n) is 9.28. The van der Waals surface area contributed by atoms with Crippen LogP contribution < -0.4 is 0 Å². The van der Waals surface area contributed by atoms with E-state index in [-0.39, 0.29) is 23.2 Å². The molecule has 0 amide bonds. The smallest absolute Gasteiger partial charge is 0.305 e. The maximum absolute atomic E-state index is 11.2. The summed E-state index contributed by atoms with van der Waals surface area (Å²) in [5.41, 5.74) is 1.12. The van der Waals surface area contributed by atoms with E-state index < -0.39 is 8.32 Å². The summed E-state index contributed by atoms with van der Waals surface area (Å²) in [6, 6.07) is 4.05. The molecule has 2 heterocycles. The van der Waals surface area contributed by atoms with E-state index in [1.807, 2.05) is 12.3 Å². The maximum Gasteiger partial charge on any atom is 0.305 e.